The van der Waals surface area contributed by atoms with Gasteiger partial charge in [0.25, 0.3) is 0 Å². The summed E-state index contributed by atoms with van der Waals surface area (Å²) in [5.41, 5.74) is 20.6. The van der Waals surface area contributed by atoms with Crippen molar-refractivity contribution in [2.24, 2.45) is 23.1 Å². The summed E-state index contributed by atoms with van der Waals surface area (Å²) in [6.07, 6.45) is 4.14. The molecule has 66 heavy (non-hydrogen) atoms. The van der Waals surface area contributed by atoms with Crippen LogP contribution in [0.25, 0.3) is 10.9 Å². The van der Waals surface area contributed by atoms with Crippen LogP contribution in [-0.4, -0.2) is 121 Å². The molecule has 0 bridgehead atoms. The van der Waals surface area contributed by atoms with E-state index < -0.39 is 108 Å². The average Bonchev–Trinajstić information content (AvgIpc) is 4.06. The van der Waals surface area contributed by atoms with E-state index >= 15 is 0 Å². The van der Waals surface area contributed by atoms with Crippen molar-refractivity contribution in [2.45, 2.75) is 114 Å². The summed E-state index contributed by atoms with van der Waals surface area (Å²) in [5.74, 6) is -6.91. The van der Waals surface area contributed by atoms with E-state index in [0.717, 1.165) is 16.5 Å². The molecule has 0 aliphatic carbocycles. The third-order valence-corrected chi connectivity index (χ3v) is 12.3. The van der Waals surface area contributed by atoms with Gasteiger partial charge in [0.1, 0.15) is 30.2 Å². The second kappa shape index (κ2) is 22.2. The third-order valence-electron chi connectivity index (χ3n) is 12.3. The molecule has 2 aliphatic rings. The summed E-state index contributed by atoms with van der Waals surface area (Å²) in [6.45, 7) is 3.48. The van der Waals surface area contributed by atoms with Crippen LogP contribution < -0.4 is 43.8 Å². The zero-order chi connectivity index (χ0) is 47.5. The molecule has 2 saturated heterocycles. The first kappa shape index (κ1) is 48.3. The maximum atomic E-state index is 15.0. The van der Waals surface area contributed by atoms with Crippen LogP contribution in [0.15, 0.2) is 67.0 Å². The van der Waals surface area contributed by atoms with E-state index in [9.17, 15) is 38.4 Å². The van der Waals surface area contributed by atoms with Gasteiger partial charge in [-0.2, -0.15) is 0 Å². The highest BCUT2D eigenvalue weighted by atomic mass is 16.2. The van der Waals surface area contributed by atoms with Crippen molar-refractivity contribution < 1.29 is 38.4 Å². The molecule has 2 fully saturated rings. The molecule has 0 spiro atoms. The SMILES string of the molecule is CCC(C)[C@@H]1NC(=O)[C@H](CC(N)=O)NC(=O)[C@@H](N)CC(=O)NCCC[C@@H](C(N)=O)NC(=O)[C@H](Cc2c[nH]c3ccccc23)NC(=O)[C@@H]2C[C@H](n3cc(CCc4ccccc4)nn3)CN2C1=O. The van der Waals surface area contributed by atoms with Crippen molar-refractivity contribution in [1.29, 1.82) is 0 Å². The fourth-order valence-electron chi connectivity index (χ4n) is 8.28. The number of fused-ring (bicyclic) bond motifs is 2. The zero-order valence-corrected chi connectivity index (χ0v) is 37.0. The van der Waals surface area contributed by atoms with Crippen LogP contribution in [-0.2, 0) is 57.6 Å². The molecule has 8 amide bonds. The normalized spacial score (nSPS) is 24.7. The summed E-state index contributed by atoms with van der Waals surface area (Å²) < 4.78 is 1.60. The van der Waals surface area contributed by atoms with E-state index in [4.69, 9.17) is 17.2 Å². The van der Waals surface area contributed by atoms with E-state index in [2.05, 4.69) is 41.9 Å². The molecule has 2 aliphatic heterocycles. The van der Waals surface area contributed by atoms with E-state index in [1.807, 2.05) is 54.6 Å². The quantitative estimate of drug-likeness (QED) is 0.0870. The molecule has 6 rings (SSSR count). The number of hydrogen-bond acceptors (Lipinski definition) is 11. The minimum atomic E-state index is -1.58. The Bertz CT molecular complexity index is 2400. The molecule has 0 saturated carbocycles. The highest BCUT2D eigenvalue weighted by molar-refractivity contribution is 5.99. The number of H-pyrrole nitrogens is 1. The minimum Gasteiger partial charge on any atom is -0.370 e. The molecule has 2 aromatic carbocycles. The number of nitrogens with two attached hydrogens (primary N) is 3. The Hall–Kier alpha value is -7.16. The highest BCUT2D eigenvalue weighted by Gasteiger charge is 2.45. The molecule has 12 N–H and O–H groups in total. The summed E-state index contributed by atoms with van der Waals surface area (Å²) in [5, 5.41) is 22.8. The average molecular weight is 910 g/mol. The van der Waals surface area contributed by atoms with Crippen molar-refractivity contribution in [1.82, 2.24) is 51.5 Å². The Morgan fingerprint density at radius 2 is 1.58 bits per heavy atom. The van der Waals surface area contributed by atoms with Crippen molar-refractivity contribution in [3.63, 3.8) is 0 Å². The Balaban J connectivity index is 1.37. The van der Waals surface area contributed by atoms with Crippen molar-refractivity contribution in [3.8, 4) is 0 Å². The van der Waals surface area contributed by atoms with E-state index in [-0.39, 0.29) is 38.8 Å². The van der Waals surface area contributed by atoms with Gasteiger partial charge in [0, 0.05) is 49.2 Å². The minimum absolute atomic E-state index is 0.000379. The Kier molecular flexibility index (Phi) is 16.2. The van der Waals surface area contributed by atoms with Gasteiger partial charge in [-0.15, -0.1) is 5.10 Å². The molecule has 352 valence electrons. The van der Waals surface area contributed by atoms with Gasteiger partial charge in [-0.3, -0.25) is 38.4 Å². The number of rotatable bonds is 11. The van der Waals surface area contributed by atoms with Gasteiger partial charge in [-0.25, -0.2) is 4.68 Å². The van der Waals surface area contributed by atoms with Crippen LogP contribution in [0.4, 0.5) is 0 Å². The molecule has 1 unspecified atom stereocenters. The van der Waals surface area contributed by atoms with E-state index in [1.165, 1.54) is 4.90 Å². The fourth-order valence-corrected chi connectivity index (χ4v) is 8.28. The number of aryl methyl sites for hydroxylation is 2. The predicted molar refractivity (Wildman–Crippen MR) is 240 cm³/mol. The van der Waals surface area contributed by atoms with Crippen LogP contribution in [0.5, 0.6) is 0 Å². The fraction of sp³-hybridized carbons (Fsp3) is 0.467. The standard InChI is InChI=1S/C45H59N13O8/c1-3-25(2)39-45(66)57-24-29(58-23-28(55-56-58)16-15-26-10-5-4-6-11-26)19-36(57)44(65)53-34(18-27-22-50-32-13-8-7-12-30(27)32)42(63)51-33(40(48)61)14-9-17-49-38(60)20-31(46)41(62)52-35(21-37(47)59)43(64)54-39/h4-8,10-13,22-23,25,29,31,33-36,39,50H,3,9,14-21,24,46H2,1-2H3,(H2,47,59)(H2,48,61)(H,49,60)(H,51,63)(H,52,62)(H,53,65)(H,54,64)/t25?,29-,31-,33-,34-,35-,36-,39-/m0/s1. The summed E-state index contributed by atoms with van der Waals surface area (Å²) in [4.78, 5) is 113. The van der Waals surface area contributed by atoms with Crippen LogP contribution in [0.2, 0.25) is 0 Å². The number of benzene rings is 2. The second-order valence-electron chi connectivity index (χ2n) is 17.1. The first-order valence-corrected chi connectivity index (χ1v) is 22.2. The Morgan fingerprint density at radius 1 is 0.864 bits per heavy atom. The summed E-state index contributed by atoms with van der Waals surface area (Å²) in [7, 11) is 0. The predicted octanol–water partition coefficient (Wildman–Crippen LogP) is -1.10. The van der Waals surface area contributed by atoms with Gasteiger partial charge in [0.2, 0.25) is 47.3 Å². The maximum Gasteiger partial charge on any atom is 0.246 e. The largest absolute Gasteiger partial charge is 0.370 e. The number of nitrogens with one attached hydrogen (secondary N) is 6. The number of hydrogen-bond donors (Lipinski definition) is 9. The molecule has 0 radical (unpaired) electrons. The van der Waals surface area contributed by atoms with Crippen molar-refractivity contribution in [2.75, 3.05) is 13.1 Å². The number of carbonyl (C=O) groups excluding carboxylic acids is 8. The van der Waals surface area contributed by atoms with E-state index in [1.54, 1.807) is 30.9 Å². The molecule has 21 heteroatoms. The van der Waals surface area contributed by atoms with Gasteiger partial charge in [-0.05, 0) is 48.8 Å². The smallest absolute Gasteiger partial charge is 0.246 e. The number of para-hydroxylation sites is 1. The van der Waals surface area contributed by atoms with Gasteiger partial charge >= 0.3 is 0 Å². The van der Waals surface area contributed by atoms with Gasteiger partial charge in [-0.1, -0.05) is 74.0 Å². The van der Waals surface area contributed by atoms with Crippen molar-refractivity contribution in [3.05, 3.63) is 83.8 Å². The lowest BCUT2D eigenvalue weighted by Gasteiger charge is -2.33. The first-order chi connectivity index (χ1) is 31.6. The number of nitrogens with zero attached hydrogens (tertiary/aromatic N) is 4. The van der Waals surface area contributed by atoms with Gasteiger partial charge < -0.3 is 53.7 Å². The summed E-state index contributed by atoms with van der Waals surface area (Å²) in [6, 6.07) is 8.66. The van der Waals surface area contributed by atoms with Crippen LogP contribution in [0, 0.1) is 5.92 Å². The number of primary amides is 2. The first-order valence-electron chi connectivity index (χ1n) is 22.2. The zero-order valence-electron chi connectivity index (χ0n) is 37.0. The summed E-state index contributed by atoms with van der Waals surface area (Å²) >= 11 is 0. The Labute approximate surface area is 381 Å². The number of carbonyl (C=O) groups is 8. The number of amides is 8. The number of aromatic amines is 1. The topological polar surface area (TPSA) is 325 Å². The molecule has 2 aromatic heterocycles. The lowest BCUT2D eigenvalue weighted by Crippen LogP contribution is -2.61. The second-order valence-corrected chi connectivity index (χ2v) is 17.1. The molecule has 21 nitrogen and oxygen atoms in total. The molecular weight excluding hydrogens is 851 g/mol. The molecular formula is C45H59N13O8. The lowest BCUT2D eigenvalue weighted by atomic mass is 9.96. The lowest BCUT2D eigenvalue weighted by molar-refractivity contribution is -0.143. The molecule has 4 heterocycles. The van der Waals surface area contributed by atoms with E-state index in [0.29, 0.717) is 30.5 Å². The van der Waals surface area contributed by atoms with Gasteiger partial charge in [0.15, 0.2) is 0 Å². The van der Waals surface area contributed by atoms with Crippen LogP contribution in [0.3, 0.4) is 0 Å². The Morgan fingerprint density at radius 3 is 2.30 bits per heavy atom. The number of aromatic nitrogens is 4. The van der Waals surface area contributed by atoms with Crippen molar-refractivity contribution >= 4 is 58.2 Å². The maximum absolute atomic E-state index is 15.0. The molecule has 8 atom stereocenters. The van der Waals surface area contributed by atoms with Crippen LogP contribution in [0.1, 0.15) is 75.2 Å². The van der Waals surface area contributed by atoms with Gasteiger partial charge in [0.05, 0.1) is 30.6 Å². The molecule has 4 aromatic rings. The monoisotopic (exact) mass is 909 g/mol. The van der Waals surface area contributed by atoms with Crippen LogP contribution >= 0.6 is 0 Å². The third kappa shape index (κ3) is 12.3. The highest BCUT2D eigenvalue weighted by Crippen LogP contribution is 2.30.